The molecule has 1 heterocycles. The summed E-state index contributed by atoms with van der Waals surface area (Å²) in [7, 11) is 0. The van der Waals surface area contributed by atoms with Crippen LogP contribution in [0.2, 0.25) is 10.0 Å². The quantitative estimate of drug-likeness (QED) is 0.679. The van der Waals surface area contributed by atoms with Crippen molar-refractivity contribution in [2.75, 3.05) is 12.0 Å². The fourth-order valence-corrected chi connectivity index (χ4v) is 2.07. The van der Waals surface area contributed by atoms with E-state index in [1.54, 1.807) is 18.2 Å². The normalized spacial score (nSPS) is 11.8. The Morgan fingerprint density at radius 2 is 2.17 bits per heavy atom. The number of hydrogen-bond donors (Lipinski definition) is 1. The van der Waals surface area contributed by atoms with E-state index in [1.807, 2.05) is 6.26 Å². The summed E-state index contributed by atoms with van der Waals surface area (Å²) >= 11 is 13.3. The Morgan fingerprint density at radius 3 is 2.78 bits per heavy atom. The van der Waals surface area contributed by atoms with Crippen LogP contribution in [0, 0.1) is 0 Å². The van der Waals surface area contributed by atoms with Crippen LogP contribution >= 0.6 is 35.0 Å². The summed E-state index contributed by atoms with van der Waals surface area (Å²) in [5.74, 6) is 0.182. The van der Waals surface area contributed by atoms with E-state index in [0.717, 1.165) is 0 Å². The van der Waals surface area contributed by atoms with Crippen LogP contribution in [0.25, 0.3) is 0 Å². The van der Waals surface area contributed by atoms with Crippen molar-refractivity contribution in [2.45, 2.75) is 0 Å². The van der Waals surface area contributed by atoms with Gasteiger partial charge in [-0.2, -0.15) is 0 Å². The van der Waals surface area contributed by atoms with Gasteiger partial charge in [0, 0.05) is 5.02 Å². The average molecular weight is 303 g/mol. The van der Waals surface area contributed by atoms with E-state index in [2.05, 4.69) is 19.9 Å². The molecule has 1 aromatic carbocycles. The highest BCUT2D eigenvalue weighted by molar-refractivity contribution is 8.13. The first-order valence-electron chi connectivity index (χ1n) is 4.78. The molecule has 1 aromatic heterocycles. The van der Waals surface area contributed by atoms with Crippen LogP contribution < -0.4 is 5.73 Å². The molecule has 0 aliphatic heterocycles. The molecule has 0 bridgehead atoms. The highest BCUT2D eigenvalue weighted by Gasteiger charge is 2.14. The van der Waals surface area contributed by atoms with Gasteiger partial charge >= 0.3 is 0 Å². The largest absolute Gasteiger partial charge is 0.379 e. The maximum Gasteiger partial charge on any atom is 0.198 e. The molecule has 0 unspecified atom stereocenters. The molecule has 0 atom stereocenters. The predicted octanol–water partition coefficient (Wildman–Crippen LogP) is 3.40. The Bertz CT molecular complexity index is 599. The minimum absolute atomic E-state index is 0.182. The third kappa shape index (κ3) is 2.77. The summed E-state index contributed by atoms with van der Waals surface area (Å²) in [6, 6.07) is 5.02. The summed E-state index contributed by atoms with van der Waals surface area (Å²) in [6.07, 6.45) is 1.84. The van der Waals surface area contributed by atoms with Gasteiger partial charge in [-0.25, -0.2) is 9.62 Å². The Labute approximate surface area is 117 Å². The molecule has 0 fully saturated rings. The lowest BCUT2D eigenvalue weighted by Crippen LogP contribution is -2.00. The standard InChI is InChI=1S/C10H8Cl2N4OS/c1-18-10(8-9(13)16-17-15-8)14-7-4-5(11)2-3-6(7)12/h2-4H,1H3,(H2,13,16). The van der Waals surface area contributed by atoms with Crippen molar-refractivity contribution in [1.29, 1.82) is 0 Å². The highest BCUT2D eigenvalue weighted by atomic mass is 35.5. The van der Waals surface area contributed by atoms with Gasteiger partial charge in [0.15, 0.2) is 11.5 Å². The second-order valence-electron chi connectivity index (χ2n) is 3.21. The Morgan fingerprint density at radius 1 is 1.39 bits per heavy atom. The number of thioether (sulfide) groups is 1. The second-order valence-corrected chi connectivity index (χ2v) is 4.85. The van der Waals surface area contributed by atoms with Crippen LogP contribution in [-0.4, -0.2) is 21.6 Å². The van der Waals surface area contributed by atoms with Crippen LogP contribution in [0.3, 0.4) is 0 Å². The van der Waals surface area contributed by atoms with Crippen LogP contribution in [0.1, 0.15) is 5.69 Å². The van der Waals surface area contributed by atoms with Gasteiger partial charge in [-0.05, 0) is 34.8 Å². The van der Waals surface area contributed by atoms with Gasteiger partial charge in [-0.1, -0.05) is 23.2 Å². The molecular formula is C10H8Cl2N4OS. The third-order valence-corrected chi connectivity index (χ3v) is 3.27. The molecule has 5 nitrogen and oxygen atoms in total. The van der Waals surface area contributed by atoms with Gasteiger partial charge < -0.3 is 5.73 Å². The zero-order chi connectivity index (χ0) is 13.1. The molecule has 0 radical (unpaired) electrons. The molecule has 94 valence electrons. The average Bonchev–Trinajstić information content (AvgIpc) is 2.77. The van der Waals surface area contributed by atoms with Crippen LogP contribution in [0.5, 0.6) is 0 Å². The van der Waals surface area contributed by atoms with Gasteiger partial charge in [0.2, 0.25) is 0 Å². The topological polar surface area (TPSA) is 77.3 Å². The zero-order valence-corrected chi connectivity index (χ0v) is 11.6. The van der Waals surface area contributed by atoms with Crippen molar-refractivity contribution in [3.05, 3.63) is 33.9 Å². The number of benzene rings is 1. The minimum Gasteiger partial charge on any atom is -0.379 e. The first-order chi connectivity index (χ1) is 8.61. The number of hydrogen-bond acceptors (Lipinski definition) is 6. The summed E-state index contributed by atoms with van der Waals surface area (Å²) in [4.78, 5) is 4.36. The summed E-state index contributed by atoms with van der Waals surface area (Å²) in [5, 5.41) is 8.79. The SMILES string of the molecule is CSC(=Nc1cc(Cl)ccc1Cl)c1nonc1N. The molecule has 2 N–H and O–H groups in total. The molecule has 18 heavy (non-hydrogen) atoms. The summed E-state index contributed by atoms with van der Waals surface area (Å²) in [5.41, 5.74) is 6.54. The number of aromatic nitrogens is 2. The number of nitrogens with two attached hydrogens (primary N) is 1. The van der Waals surface area contributed by atoms with Gasteiger partial charge in [0.05, 0.1) is 10.7 Å². The van der Waals surface area contributed by atoms with E-state index in [0.29, 0.717) is 26.5 Å². The van der Waals surface area contributed by atoms with E-state index < -0.39 is 0 Å². The van der Waals surface area contributed by atoms with Crippen molar-refractivity contribution < 1.29 is 4.63 Å². The van der Waals surface area contributed by atoms with Crippen molar-refractivity contribution >= 4 is 51.5 Å². The zero-order valence-electron chi connectivity index (χ0n) is 9.22. The Hall–Kier alpha value is -1.24. The van der Waals surface area contributed by atoms with Crippen molar-refractivity contribution in [1.82, 2.24) is 10.3 Å². The fourth-order valence-electron chi connectivity index (χ4n) is 1.22. The lowest BCUT2D eigenvalue weighted by Gasteiger charge is -2.02. The van der Waals surface area contributed by atoms with Gasteiger partial charge in [-0.3, -0.25) is 0 Å². The first kappa shape index (κ1) is 13.2. The van der Waals surface area contributed by atoms with Gasteiger partial charge in [0.25, 0.3) is 0 Å². The smallest absolute Gasteiger partial charge is 0.198 e. The van der Waals surface area contributed by atoms with E-state index in [-0.39, 0.29) is 5.82 Å². The molecule has 0 aliphatic rings. The van der Waals surface area contributed by atoms with E-state index in [4.69, 9.17) is 28.9 Å². The second kappa shape index (κ2) is 5.60. The third-order valence-electron chi connectivity index (χ3n) is 2.04. The monoisotopic (exact) mass is 302 g/mol. The molecule has 2 rings (SSSR count). The number of aliphatic imine (C=N–C) groups is 1. The number of anilines is 1. The molecule has 0 saturated carbocycles. The van der Waals surface area contributed by atoms with Crippen molar-refractivity contribution in [3.63, 3.8) is 0 Å². The molecule has 0 spiro atoms. The summed E-state index contributed by atoms with van der Waals surface area (Å²) in [6.45, 7) is 0. The maximum absolute atomic E-state index is 6.03. The maximum atomic E-state index is 6.03. The van der Waals surface area contributed by atoms with Crippen LogP contribution in [-0.2, 0) is 0 Å². The number of nitrogens with zero attached hydrogens (tertiary/aromatic N) is 3. The van der Waals surface area contributed by atoms with E-state index >= 15 is 0 Å². The molecular weight excluding hydrogens is 295 g/mol. The molecule has 0 aliphatic carbocycles. The van der Waals surface area contributed by atoms with Gasteiger partial charge in [-0.15, -0.1) is 11.8 Å². The number of nitrogen functional groups attached to an aromatic ring is 1. The van der Waals surface area contributed by atoms with Crippen molar-refractivity contribution in [2.24, 2.45) is 4.99 Å². The van der Waals surface area contributed by atoms with Gasteiger partial charge in [0.1, 0.15) is 5.04 Å². The van der Waals surface area contributed by atoms with Crippen LogP contribution in [0.4, 0.5) is 11.5 Å². The van der Waals surface area contributed by atoms with Crippen LogP contribution in [0.15, 0.2) is 27.8 Å². The van der Waals surface area contributed by atoms with E-state index in [1.165, 1.54) is 11.8 Å². The number of rotatable bonds is 2. The van der Waals surface area contributed by atoms with E-state index in [9.17, 15) is 0 Å². The predicted molar refractivity (Wildman–Crippen MR) is 74.9 cm³/mol. The first-order valence-corrected chi connectivity index (χ1v) is 6.76. The molecule has 0 saturated heterocycles. The van der Waals surface area contributed by atoms with Crippen molar-refractivity contribution in [3.8, 4) is 0 Å². The summed E-state index contributed by atoms with van der Waals surface area (Å²) < 4.78 is 4.54. The minimum atomic E-state index is 0.182. The lowest BCUT2D eigenvalue weighted by atomic mass is 10.3. The number of halogens is 2. The highest BCUT2D eigenvalue weighted by Crippen LogP contribution is 2.30. The molecule has 2 aromatic rings. The molecule has 0 amide bonds. The molecule has 8 heteroatoms. The Kier molecular flexibility index (Phi) is 4.11. The Balaban J connectivity index is 2.47. The lowest BCUT2D eigenvalue weighted by molar-refractivity contribution is 0.308. The fraction of sp³-hybridized carbons (Fsp3) is 0.100.